The van der Waals surface area contributed by atoms with Gasteiger partial charge in [-0.25, -0.2) is 0 Å². The first kappa shape index (κ1) is 12.7. The highest BCUT2D eigenvalue weighted by Crippen LogP contribution is 2.03. The molecule has 1 aromatic carbocycles. The summed E-state index contributed by atoms with van der Waals surface area (Å²) in [4.78, 5) is 10.8. The summed E-state index contributed by atoms with van der Waals surface area (Å²) in [7, 11) is 0. The predicted octanol–water partition coefficient (Wildman–Crippen LogP) is 0.614. The van der Waals surface area contributed by atoms with E-state index in [1.165, 1.54) is 0 Å². The molecule has 0 aromatic heterocycles. The molecule has 88 valence electrons. The van der Waals surface area contributed by atoms with Crippen molar-refractivity contribution in [1.29, 1.82) is 0 Å². The first-order valence-corrected chi connectivity index (χ1v) is 5.53. The van der Waals surface area contributed by atoms with E-state index in [-0.39, 0.29) is 5.91 Å². The Hall–Kier alpha value is -1.39. The van der Waals surface area contributed by atoms with Gasteiger partial charge in [0.25, 0.3) is 0 Å². The van der Waals surface area contributed by atoms with Crippen molar-refractivity contribution >= 4 is 5.91 Å². The zero-order valence-corrected chi connectivity index (χ0v) is 9.41. The molecule has 0 saturated carbocycles. The fraction of sp³-hybridized carbons (Fsp3) is 0.417. The van der Waals surface area contributed by atoms with Gasteiger partial charge in [-0.1, -0.05) is 12.1 Å². The Kier molecular flexibility index (Phi) is 5.53. The van der Waals surface area contributed by atoms with Crippen molar-refractivity contribution in [3.63, 3.8) is 0 Å². The zero-order valence-electron chi connectivity index (χ0n) is 9.41. The number of carbonyl (C=O) groups is 1. The van der Waals surface area contributed by atoms with Crippen molar-refractivity contribution in [2.45, 2.75) is 19.4 Å². The van der Waals surface area contributed by atoms with E-state index < -0.39 is 0 Å². The SMILES string of the molecule is NCCCCNCc1ccc(C(N)=O)cc1. The van der Waals surface area contributed by atoms with Crippen LogP contribution in [0.4, 0.5) is 0 Å². The molecule has 16 heavy (non-hydrogen) atoms. The van der Waals surface area contributed by atoms with Crippen LogP contribution in [0, 0.1) is 0 Å². The Bertz CT molecular complexity index is 322. The fourth-order valence-electron chi connectivity index (χ4n) is 1.41. The van der Waals surface area contributed by atoms with Gasteiger partial charge in [0.2, 0.25) is 5.91 Å². The third-order valence-electron chi connectivity index (χ3n) is 2.38. The maximum Gasteiger partial charge on any atom is 0.248 e. The summed E-state index contributed by atoms with van der Waals surface area (Å²) < 4.78 is 0. The lowest BCUT2D eigenvalue weighted by molar-refractivity contribution is 0.100. The number of nitrogens with two attached hydrogens (primary N) is 2. The van der Waals surface area contributed by atoms with E-state index >= 15 is 0 Å². The molecule has 0 fully saturated rings. The molecule has 0 radical (unpaired) electrons. The van der Waals surface area contributed by atoms with Crippen LogP contribution in [0.1, 0.15) is 28.8 Å². The van der Waals surface area contributed by atoms with Crippen molar-refractivity contribution in [3.05, 3.63) is 35.4 Å². The molecule has 0 heterocycles. The van der Waals surface area contributed by atoms with Gasteiger partial charge in [0.15, 0.2) is 0 Å². The largest absolute Gasteiger partial charge is 0.366 e. The van der Waals surface area contributed by atoms with Gasteiger partial charge in [0, 0.05) is 12.1 Å². The summed E-state index contributed by atoms with van der Waals surface area (Å²) in [5, 5.41) is 3.31. The van der Waals surface area contributed by atoms with Crippen LogP contribution < -0.4 is 16.8 Å². The normalized spacial score (nSPS) is 10.3. The van der Waals surface area contributed by atoms with Gasteiger partial charge < -0.3 is 16.8 Å². The average Bonchev–Trinajstić information content (AvgIpc) is 2.29. The Labute approximate surface area is 96.0 Å². The van der Waals surface area contributed by atoms with E-state index in [1.807, 2.05) is 12.1 Å². The van der Waals surface area contributed by atoms with Crippen LogP contribution in [0.2, 0.25) is 0 Å². The van der Waals surface area contributed by atoms with Crippen LogP contribution >= 0.6 is 0 Å². The fourth-order valence-corrected chi connectivity index (χ4v) is 1.41. The van der Waals surface area contributed by atoms with E-state index in [4.69, 9.17) is 11.5 Å². The molecule has 0 aliphatic rings. The minimum atomic E-state index is -0.387. The second-order valence-corrected chi connectivity index (χ2v) is 3.73. The molecule has 0 saturated heterocycles. The van der Waals surface area contributed by atoms with Crippen LogP contribution in [-0.2, 0) is 6.54 Å². The number of hydrogen-bond acceptors (Lipinski definition) is 3. The maximum absolute atomic E-state index is 10.8. The molecule has 0 atom stereocenters. The lowest BCUT2D eigenvalue weighted by atomic mass is 10.1. The predicted molar refractivity (Wildman–Crippen MR) is 65.0 cm³/mol. The van der Waals surface area contributed by atoms with Crippen LogP contribution in [0.3, 0.4) is 0 Å². The smallest absolute Gasteiger partial charge is 0.248 e. The molecule has 0 aliphatic carbocycles. The van der Waals surface area contributed by atoms with Gasteiger partial charge >= 0.3 is 0 Å². The number of nitrogens with one attached hydrogen (secondary N) is 1. The van der Waals surface area contributed by atoms with Crippen LogP contribution in [-0.4, -0.2) is 19.0 Å². The molecule has 5 N–H and O–H groups in total. The molecule has 1 aromatic rings. The molecule has 4 heteroatoms. The van der Waals surface area contributed by atoms with Gasteiger partial charge in [-0.2, -0.15) is 0 Å². The minimum Gasteiger partial charge on any atom is -0.366 e. The van der Waals surface area contributed by atoms with Crippen molar-refractivity contribution in [2.75, 3.05) is 13.1 Å². The van der Waals surface area contributed by atoms with E-state index in [1.54, 1.807) is 12.1 Å². The lowest BCUT2D eigenvalue weighted by Crippen LogP contribution is -2.16. The highest BCUT2D eigenvalue weighted by atomic mass is 16.1. The van der Waals surface area contributed by atoms with Crippen LogP contribution in [0.25, 0.3) is 0 Å². The second kappa shape index (κ2) is 6.98. The Balaban J connectivity index is 2.29. The van der Waals surface area contributed by atoms with E-state index in [2.05, 4.69) is 5.32 Å². The van der Waals surface area contributed by atoms with Crippen molar-refractivity contribution < 1.29 is 4.79 Å². The maximum atomic E-state index is 10.8. The lowest BCUT2D eigenvalue weighted by Gasteiger charge is -2.04. The second-order valence-electron chi connectivity index (χ2n) is 3.73. The van der Waals surface area contributed by atoms with Gasteiger partial charge in [-0.05, 0) is 43.6 Å². The molecule has 0 aliphatic heterocycles. The number of rotatable bonds is 7. The van der Waals surface area contributed by atoms with Crippen molar-refractivity contribution in [3.8, 4) is 0 Å². The van der Waals surface area contributed by atoms with Gasteiger partial charge in [0.05, 0.1) is 0 Å². The standard InChI is InChI=1S/C12H19N3O/c13-7-1-2-8-15-9-10-3-5-11(6-4-10)12(14)16/h3-6,15H,1-2,7-9,13H2,(H2,14,16). The molecular formula is C12H19N3O. The van der Waals surface area contributed by atoms with Crippen LogP contribution in [0.5, 0.6) is 0 Å². The first-order chi connectivity index (χ1) is 7.74. The molecule has 4 nitrogen and oxygen atoms in total. The summed E-state index contributed by atoms with van der Waals surface area (Å²) in [6, 6.07) is 7.32. The number of carbonyl (C=O) groups excluding carboxylic acids is 1. The third kappa shape index (κ3) is 4.42. The topological polar surface area (TPSA) is 81.1 Å². The van der Waals surface area contributed by atoms with E-state index in [0.717, 1.165) is 38.0 Å². The number of primary amides is 1. The summed E-state index contributed by atoms with van der Waals surface area (Å²) in [5.41, 5.74) is 12.2. The summed E-state index contributed by atoms with van der Waals surface area (Å²) in [6.45, 7) is 2.52. The first-order valence-electron chi connectivity index (χ1n) is 5.53. The average molecular weight is 221 g/mol. The number of benzene rings is 1. The van der Waals surface area contributed by atoms with Crippen LogP contribution in [0.15, 0.2) is 24.3 Å². The minimum absolute atomic E-state index is 0.387. The highest BCUT2D eigenvalue weighted by Gasteiger charge is 1.99. The van der Waals surface area contributed by atoms with Crippen molar-refractivity contribution in [1.82, 2.24) is 5.32 Å². The molecule has 0 bridgehead atoms. The molecule has 1 rings (SSSR count). The summed E-state index contributed by atoms with van der Waals surface area (Å²) in [6.07, 6.45) is 2.14. The van der Waals surface area contributed by atoms with Gasteiger partial charge in [-0.3, -0.25) is 4.79 Å². The highest BCUT2D eigenvalue weighted by molar-refractivity contribution is 5.92. The summed E-state index contributed by atoms with van der Waals surface area (Å²) in [5.74, 6) is -0.387. The summed E-state index contributed by atoms with van der Waals surface area (Å²) >= 11 is 0. The van der Waals surface area contributed by atoms with E-state index in [9.17, 15) is 4.79 Å². The van der Waals surface area contributed by atoms with Gasteiger partial charge in [0.1, 0.15) is 0 Å². The number of amides is 1. The quantitative estimate of drug-likeness (QED) is 0.590. The molecular weight excluding hydrogens is 202 g/mol. The Morgan fingerprint density at radius 2 is 1.88 bits per heavy atom. The van der Waals surface area contributed by atoms with Gasteiger partial charge in [-0.15, -0.1) is 0 Å². The number of unbranched alkanes of at least 4 members (excludes halogenated alkanes) is 1. The molecule has 1 amide bonds. The Morgan fingerprint density at radius 3 is 2.44 bits per heavy atom. The molecule has 0 spiro atoms. The Morgan fingerprint density at radius 1 is 1.19 bits per heavy atom. The monoisotopic (exact) mass is 221 g/mol. The number of hydrogen-bond donors (Lipinski definition) is 3. The zero-order chi connectivity index (χ0) is 11.8. The van der Waals surface area contributed by atoms with Crippen molar-refractivity contribution in [2.24, 2.45) is 11.5 Å². The third-order valence-corrected chi connectivity index (χ3v) is 2.38. The molecule has 0 unspecified atom stereocenters. The van der Waals surface area contributed by atoms with E-state index in [0.29, 0.717) is 5.56 Å².